The summed E-state index contributed by atoms with van der Waals surface area (Å²) in [6.07, 6.45) is 0. The molecular weight excluding hydrogens is 400 g/mol. The number of benzene rings is 2. The predicted molar refractivity (Wildman–Crippen MR) is 96.6 cm³/mol. The number of hydrogen-bond acceptors (Lipinski definition) is 4. The number of ether oxygens (including phenoxy) is 1. The van der Waals surface area contributed by atoms with Crippen LogP contribution in [0, 0.1) is 10.1 Å². The summed E-state index contributed by atoms with van der Waals surface area (Å²) < 4.78 is 5.60. The normalized spacial score (nSPS) is 11.4. The number of nitro groups is 1. The summed E-state index contributed by atoms with van der Waals surface area (Å²) in [6, 6.07) is 7.17. The van der Waals surface area contributed by atoms with Crippen molar-refractivity contribution in [3.05, 3.63) is 55.5 Å². The second-order valence-electron chi connectivity index (χ2n) is 4.42. The standard InChI is InChI=1S/C14H9Cl4N3O3/c15-6-13(19)20-9-5-12(8(17)4-10(9)21(22)23)24-11-3-1-2-7(16)14(11)18/h1-5H,6H2,(H2,19,20). The molecule has 126 valence electrons. The van der Waals surface area contributed by atoms with Gasteiger partial charge in [-0.2, -0.15) is 0 Å². The fourth-order valence-electron chi connectivity index (χ4n) is 1.71. The first-order valence-corrected chi connectivity index (χ1v) is 7.99. The maximum absolute atomic E-state index is 11.1. The maximum atomic E-state index is 11.1. The van der Waals surface area contributed by atoms with Gasteiger partial charge in [-0.3, -0.25) is 10.1 Å². The molecule has 0 spiro atoms. The lowest BCUT2D eigenvalue weighted by Crippen LogP contribution is -2.12. The van der Waals surface area contributed by atoms with Crippen molar-refractivity contribution < 1.29 is 9.66 Å². The highest BCUT2D eigenvalue weighted by atomic mass is 35.5. The summed E-state index contributed by atoms with van der Waals surface area (Å²) in [5.41, 5.74) is 5.16. The third-order valence-corrected chi connectivity index (χ3v) is 4.13. The minimum absolute atomic E-state index is 0.00105. The van der Waals surface area contributed by atoms with Gasteiger partial charge in [0.1, 0.15) is 28.0 Å². The molecule has 0 aromatic heterocycles. The Morgan fingerprint density at radius 1 is 1.21 bits per heavy atom. The Hall–Kier alpha value is -1.73. The van der Waals surface area contributed by atoms with Crippen molar-refractivity contribution in [1.82, 2.24) is 0 Å². The van der Waals surface area contributed by atoms with Gasteiger partial charge in [-0.1, -0.05) is 40.9 Å². The van der Waals surface area contributed by atoms with Crippen LogP contribution >= 0.6 is 46.4 Å². The predicted octanol–water partition coefficient (Wildman–Crippen LogP) is 5.57. The molecule has 0 heterocycles. The molecule has 0 aliphatic rings. The number of amidine groups is 1. The number of nitrogens with two attached hydrogens (primary N) is 1. The lowest BCUT2D eigenvalue weighted by Gasteiger charge is -2.11. The largest absolute Gasteiger partial charge is 0.454 e. The average Bonchev–Trinajstić information content (AvgIpc) is 2.54. The number of aliphatic imine (C=N–C) groups is 1. The van der Waals surface area contributed by atoms with Gasteiger partial charge in [-0.15, -0.1) is 11.6 Å². The summed E-state index contributed by atoms with van der Waals surface area (Å²) in [5, 5.41) is 11.6. The number of nitrogens with zero attached hydrogens (tertiary/aromatic N) is 2. The Balaban J connectivity index is 2.53. The Kier molecular flexibility index (Phi) is 6.12. The van der Waals surface area contributed by atoms with E-state index in [-0.39, 0.29) is 49.7 Å². The number of hydrogen-bond donors (Lipinski definition) is 1. The summed E-state index contributed by atoms with van der Waals surface area (Å²) in [7, 11) is 0. The molecule has 2 rings (SSSR count). The van der Waals surface area contributed by atoms with E-state index in [4.69, 9.17) is 56.9 Å². The molecule has 6 nitrogen and oxygen atoms in total. The van der Waals surface area contributed by atoms with E-state index < -0.39 is 4.92 Å². The number of alkyl halides is 1. The monoisotopic (exact) mass is 407 g/mol. The van der Waals surface area contributed by atoms with Crippen molar-refractivity contribution in [1.29, 1.82) is 0 Å². The number of nitro benzene ring substituents is 1. The molecule has 0 amide bonds. The molecule has 0 radical (unpaired) electrons. The van der Waals surface area contributed by atoms with E-state index in [1.54, 1.807) is 18.2 Å². The molecule has 2 aromatic rings. The Labute approximate surface area is 156 Å². The highest BCUT2D eigenvalue weighted by Gasteiger charge is 2.19. The van der Waals surface area contributed by atoms with Gasteiger partial charge in [-0.05, 0) is 12.1 Å². The van der Waals surface area contributed by atoms with Crippen molar-refractivity contribution in [2.75, 3.05) is 5.88 Å². The van der Waals surface area contributed by atoms with Crippen LogP contribution in [0.2, 0.25) is 15.1 Å². The van der Waals surface area contributed by atoms with Crippen molar-refractivity contribution in [2.45, 2.75) is 0 Å². The van der Waals surface area contributed by atoms with Crippen LogP contribution in [0.25, 0.3) is 0 Å². The molecule has 0 saturated heterocycles. The number of rotatable bonds is 5. The lowest BCUT2D eigenvalue weighted by molar-refractivity contribution is -0.384. The molecule has 24 heavy (non-hydrogen) atoms. The van der Waals surface area contributed by atoms with Crippen molar-refractivity contribution in [2.24, 2.45) is 10.7 Å². The van der Waals surface area contributed by atoms with E-state index in [1.807, 2.05) is 0 Å². The topological polar surface area (TPSA) is 90.8 Å². The first-order chi connectivity index (χ1) is 11.3. The average molecular weight is 409 g/mol. The van der Waals surface area contributed by atoms with Crippen LogP contribution in [0.3, 0.4) is 0 Å². The van der Waals surface area contributed by atoms with Crippen LogP contribution in [0.15, 0.2) is 35.3 Å². The third kappa shape index (κ3) is 4.21. The van der Waals surface area contributed by atoms with Crippen LogP contribution in [0.5, 0.6) is 11.5 Å². The Morgan fingerprint density at radius 3 is 2.54 bits per heavy atom. The van der Waals surface area contributed by atoms with E-state index in [0.717, 1.165) is 6.07 Å². The van der Waals surface area contributed by atoms with Crippen LogP contribution in [0.1, 0.15) is 0 Å². The molecule has 0 fully saturated rings. The van der Waals surface area contributed by atoms with E-state index in [0.29, 0.717) is 0 Å². The zero-order valence-corrected chi connectivity index (χ0v) is 14.8. The molecule has 0 bridgehead atoms. The third-order valence-electron chi connectivity index (χ3n) is 2.76. The van der Waals surface area contributed by atoms with E-state index in [2.05, 4.69) is 4.99 Å². The van der Waals surface area contributed by atoms with Crippen molar-refractivity contribution in [3.63, 3.8) is 0 Å². The summed E-state index contributed by atoms with van der Waals surface area (Å²) in [4.78, 5) is 14.4. The van der Waals surface area contributed by atoms with Gasteiger partial charge in [0.05, 0.1) is 20.8 Å². The molecule has 0 atom stereocenters. The van der Waals surface area contributed by atoms with Gasteiger partial charge in [-0.25, -0.2) is 4.99 Å². The van der Waals surface area contributed by atoms with Crippen molar-refractivity contribution in [3.8, 4) is 11.5 Å². The summed E-state index contributed by atoms with van der Waals surface area (Å²) in [6.45, 7) is 0. The molecule has 2 aromatic carbocycles. The molecule has 0 aliphatic heterocycles. The van der Waals surface area contributed by atoms with Crippen molar-refractivity contribution >= 4 is 63.6 Å². The zero-order chi connectivity index (χ0) is 17.9. The van der Waals surface area contributed by atoms with Gasteiger partial charge in [0.2, 0.25) is 0 Å². The summed E-state index contributed by atoms with van der Waals surface area (Å²) in [5.74, 6) is 0.261. The van der Waals surface area contributed by atoms with E-state index in [1.165, 1.54) is 6.07 Å². The fourth-order valence-corrected chi connectivity index (χ4v) is 2.30. The molecule has 2 N–H and O–H groups in total. The number of halogens is 4. The second kappa shape index (κ2) is 7.90. The van der Waals surface area contributed by atoms with Gasteiger partial charge in [0.25, 0.3) is 5.69 Å². The van der Waals surface area contributed by atoms with Gasteiger partial charge < -0.3 is 10.5 Å². The highest BCUT2D eigenvalue weighted by molar-refractivity contribution is 6.43. The SMILES string of the molecule is NC(CCl)=Nc1cc(Oc2cccc(Cl)c2Cl)c(Cl)cc1[N+](=O)[O-]. The van der Waals surface area contributed by atoms with Gasteiger partial charge >= 0.3 is 0 Å². The van der Waals surface area contributed by atoms with E-state index >= 15 is 0 Å². The van der Waals surface area contributed by atoms with E-state index in [9.17, 15) is 10.1 Å². The van der Waals surface area contributed by atoms with Crippen LogP contribution in [-0.4, -0.2) is 16.6 Å². The molecule has 0 aliphatic carbocycles. The fraction of sp³-hybridized carbons (Fsp3) is 0.0714. The Bertz CT molecular complexity index is 827. The first kappa shape index (κ1) is 18.6. The molecule has 0 saturated carbocycles. The second-order valence-corrected chi connectivity index (χ2v) is 5.88. The van der Waals surface area contributed by atoms with Crippen LogP contribution < -0.4 is 10.5 Å². The van der Waals surface area contributed by atoms with Crippen LogP contribution in [0.4, 0.5) is 11.4 Å². The molecule has 0 unspecified atom stereocenters. The first-order valence-electron chi connectivity index (χ1n) is 6.32. The quantitative estimate of drug-likeness (QED) is 0.230. The van der Waals surface area contributed by atoms with Crippen LogP contribution in [-0.2, 0) is 0 Å². The minimum Gasteiger partial charge on any atom is -0.454 e. The Morgan fingerprint density at radius 2 is 1.92 bits per heavy atom. The zero-order valence-electron chi connectivity index (χ0n) is 11.8. The molecular formula is C14H9Cl4N3O3. The molecule has 10 heteroatoms. The smallest absolute Gasteiger partial charge is 0.296 e. The minimum atomic E-state index is -0.637. The van der Waals surface area contributed by atoms with Gasteiger partial charge in [0.15, 0.2) is 0 Å². The van der Waals surface area contributed by atoms with Gasteiger partial charge in [0, 0.05) is 12.1 Å². The summed E-state index contributed by atoms with van der Waals surface area (Å²) >= 11 is 23.6. The lowest BCUT2D eigenvalue weighted by atomic mass is 10.2. The maximum Gasteiger partial charge on any atom is 0.296 e. The highest BCUT2D eigenvalue weighted by Crippen LogP contribution is 2.42.